The van der Waals surface area contributed by atoms with Gasteiger partial charge in [0.05, 0.1) is 0 Å². The molecule has 3 heteroatoms. The van der Waals surface area contributed by atoms with Gasteiger partial charge in [-0.2, -0.15) is 0 Å². The number of nitrogens with zero attached hydrogens (tertiary/aromatic N) is 1. The lowest BCUT2D eigenvalue weighted by atomic mass is 10.2. The van der Waals surface area contributed by atoms with Crippen molar-refractivity contribution in [2.75, 3.05) is 32.8 Å². The molecule has 3 nitrogen and oxygen atoms in total. The Bertz CT molecular complexity index is 433. The average Bonchev–Trinajstić information content (AvgIpc) is 2.99. The van der Waals surface area contributed by atoms with Crippen molar-refractivity contribution in [2.24, 2.45) is 0 Å². The van der Waals surface area contributed by atoms with Gasteiger partial charge in [0.25, 0.3) is 0 Å². The third-order valence-electron chi connectivity index (χ3n) is 3.63. The summed E-state index contributed by atoms with van der Waals surface area (Å²) in [6.45, 7) is 5.97. The molecule has 0 unspecified atom stereocenters. The molecular formula is C17H24N2O. The summed E-state index contributed by atoms with van der Waals surface area (Å²) in [4.78, 5) is 2.55. The topological polar surface area (TPSA) is 24.5 Å². The van der Waals surface area contributed by atoms with Gasteiger partial charge in [-0.1, -0.05) is 24.1 Å². The minimum absolute atomic E-state index is 0.325. The second-order valence-electron chi connectivity index (χ2n) is 5.18. The minimum atomic E-state index is 0.325. The van der Waals surface area contributed by atoms with E-state index in [-0.39, 0.29) is 0 Å². The van der Waals surface area contributed by atoms with Crippen LogP contribution >= 0.6 is 0 Å². The van der Waals surface area contributed by atoms with Crippen LogP contribution in [0, 0.1) is 12.3 Å². The predicted octanol–water partition coefficient (Wildman–Crippen LogP) is 2.27. The van der Waals surface area contributed by atoms with Crippen LogP contribution in [-0.2, 0) is 6.54 Å². The molecule has 1 N–H and O–H groups in total. The summed E-state index contributed by atoms with van der Waals surface area (Å²) >= 11 is 0. The Hall–Kier alpha value is -1.50. The van der Waals surface area contributed by atoms with Crippen LogP contribution < -0.4 is 10.1 Å². The first-order valence-corrected chi connectivity index (χ1v) is 7.47. The van der Waals surface area contributed by atoms with E-state index in [2.05, 4.69) is 22.2 Å². The molecule has 20 heavy (non-hydrogen) atoms. The molecule has 108 valence electrons. The van der Waals surface area contributed by atoms with E-state index >= 15 is 0 Å². The van der Waals surface area contributed by atoms with Gasteiger partial charge >= 0.3 is 0 Å². The van der Waals surface area contributed by atoms with E-state index in [1.165, 1.54) is 44.5 Å². The van der Waals surface area contributed by atoms with Crippen molar-refractivity contribution in [2.45, 2.75) is 25.8 Å². The molecule has 0 saturated carbocycles. The first-order valence-electron chi connectivity index (χ1n) is 7.47. The Balaban J connectivity index is 1.66. The zero-order valence-corrected chi connectivity index (χ0v) is 12.1. The normalized spacial score (nSPS) is 15.2. The molecule has 0 aromatic heterocycles. The first kappa shape index (κ1) is 14.9. The molecule has 1 aromatic carbocycles. The van der Waals surface area contributed by atoms with Gasteiger partial charge in [-0.05, 0) is 51.5 Å². The fraction of sp³-hybridized carbons (Fsp3) is 0.529. The zero-order chi connectivity index (χ0) is 14.0. The molecule has 1 fully saturated rings. The monoisotopic (exact) mass is 272 g/mol. The van der Waals surface area contributed by atoms with Gasteiger partial charge in [-0.25, -0.2) is 0 Å². The summed E-state index contributed by atoms with van der Waals surface area (Å²) in [6.07, 6.45) is 9.17. The van der Waals surface area contributed by atoms with E-state index in [0.717, 1.165) is 18.8 Å². The molecular weight excluding hydrogens is 248 g/mol. The van der Waals surface area contributed by atoms with Crippen molar-refractivity contribution >= 4 is 0 Å². The van der Waals surface area contributed by atoms with Crippen LogP contribution in [0.1, 0.15) is 24.8 Å². The third-order valence-corrected chi connectivity index (χ3v) is 3.63. The summed E-state index contributed by atoms with van der Waals surface area (Å²) in [6, 6.07) is 8.06. The molecule has 1 saturated heterocycles. The van der Waals surface area contributed by atoms with Crippen LogP contribution in [0.25, 0.3) is 0 Å². The lowest BCUT2D eigenvalue weighted by Crippen LogP contribution is -2.24. The number of nitrogens with one attached hydrogen (secondary N) is 1. The molecule has 2 rings (SSSR count). The summed E-state index contributed by atoms with van der Waals surface area (Å²) in [7, 11) is 0. The van der Waals surface area contributed by atoms with E-state index in [0.29, 0.717) is 6.61 Å². The van der Waals surface area contributed by atoms with Crippen LogP contribution in [-0.4, -0.2) is 37.7 Å². The van der Waals surface area contributed by atoms with Crippen LogP contribution in [0.3, 0.4) is 0 Å². The van der Waals surface area contributed by atoms with Gasteiger partial charge < -0.3 is 15.0 Å². The highest BCUT2D eigenvalue weighted by molar-refractivity contribution is 5.33. The number of ether oxygens (including phenoxy) is 1. The van der Waals surface area contributed by atoms with Gasteiger partial charge in [0.15, 0.2) is 0 Å². The Labute approximate surface area is 122 Å². The number of terminal acetylenes is 1. The maximum atomic E-state index is 5.54. The number of para-hydroxylation sites is 1. The van der Waals surface area contributed by atoms with E-state index in [4.69, 9.17) is 11.2 Å². The van der Waals surface area contributed by atoms with E-state index < -0.39 is 0 Å². The lowest BCUT2D eigenvalue weighted by molar-refractivity contribution is 0.330. The summed E-state index contributed by atoms with van der Waals surface area (Å²) in [5.74, 6) is 3.39. The molecule has 0 bridgehead atoms. The zero-order valence-electron chi connectivity index (χ0n) is 12.1. The highest BCUT2D eigenvalue weighted by Gasteiger charge is 2.10. The Kier molecular flexibility index (Phi) is 6.43. The second kappa shape index (κ2) is 8.63. The molecule has 1 aromatic rings. The number of hydrogen-bond acceptors (Lipinski definition) is 3. The third kappa shape index (κ3) is 4.88. The quantitative estimate of drug-likeness (QED) is 0.580. The van der Waals surface area contributed by atoms with Crippen LogP contribution in [0.4, 0.5) is 0 Å². The standard InChI is InChI=1S/C17H24N2O/c1-2-14-20-17-9-4-3-8-16(17)15-18-10-7-13-19-11-5-6-12-19/h1,3-4,8-9,18H,5-7,10-15H2. The second-order valence-corrected chi connectivity index (χ2v) is 5.18. The van der Waals surface area contributed by atoms with E-state index in [1.807, 2.05) is 18.2 Å². The number of rotatable bonds is 8. The van der Waals surface area contributed by atoms with Gasteiger partial charge in [-0.3, -0.25) is 0 Å². The first-order chi connectivity index (χ1) is 9.90. The minimum Gasteiger partial charge on any atom is -0.481 e. The predicted molar refractivity (Wildman–Crippen MR) is 82.8 cm³/mol. The highest BCUT2D eigenvalue weighted by Crippen LogP contribution is 2.17. The number of hydrogen-bond donors (Lipinski definition) is 1. The smallest absolute Gasteiger partial charge is 0.148 e. The van der Waals surface area contributed by atoms with Crippen molar-refractivity contribution in [3.63, 3.8) is 0 Å². The summed E-state index contributed by atoms with van der Waals surface area (Å²) < 4.78 is 5.54. The molecule has 1 aliphatic rings. The molecule has 0 aliphatic carbocycles. The summed E-state index contributed by atoms with van der Waals surface area (Å²) in [5, 5.41) is 3.48. The Morgan fingerprint density at radius 3 is 2.85 bits per heavy atom. The average molecular weight is 272 g/mol. The van der Waals surface area contributed by atoms with E-state index in [9.17, 15) is 0 Å². The number of likely N-dealkylation sites (tertiary alicyclic amines) is 1. The van der Waals surface area contributed by atoms with Crippen LogP contribution in [0.5, 0.6) is 5.75 Å². The van der Waals surface area contributed by atoms with Crippen molar-refractivity contribution < 1.29 is 4.74 Å². The van der Waals surface area contributed by atoms with Gasteiger partial charge in [0.1, 0.15) is 12.4 Å². The molecule has 0 atom stereocenters. The van der Waals surface area contributed by atoms with E-state index in [1.54, 1.807) is 0 Å². The van der Waals surface area contributed by atoms with Gasteiger partial charge in [0.2, 0.25) is 0 Å². The molecule has 1 aliphatic heterocycles. The lowest BCUT2D eigenvalue weighted by Gasteiger charge is -2.15. The molecule has 0 amide bonds. The van der Waals surface area contributed by atoms with Gasteiger partial charge in [-0.15, -0.1) is 6.42 Å². The van der Waals surface area contributed by atoms with Crippen molar-refractivity contribution in [1.82, 2.24) is 10.2 Å². The Morgan fingerprint density at radius 1 is 1.25 bits per heavy atom. The Morgan fingerprint density at radius 2 is 2.05 bits per heavy atom. The molecule has 1 heterocycles. The van der Waals surface area contributed by atoms with Crippen molar-refractivity contribution in [3.05, 3.63) is 29.8 Å². The maximum Gasteiger partial charge on any atom is 0.148 e. The molecule has 0 spiro atoms. The summed E-state index contributed by atoms with van der Waals surface area (Å²) in [5.41, 5.74) is 1.17. The van der Waals surface area contributed by atoms with Crippen molar-refractivity contribution in [1.29, 1.82) is 0 Å². The maximum absolute atomic E-state index is 5.54. The highest BCUT2D eigenvalue weighted by atomic mass is 16.5. The van der Waals surface area contributed by atoms with Gasteiger partial charge in [0, 0.05) is 12.1 Å². The van der Waals surface area contributed by atoms with Crippen LogP contribution in [0.2, 0.25) is 0 Å². The largest absolute Gasteiger partial charge is 0.481 e. The fourth-order valence-corrected chi connectivity index (χ4v) is 2.57. The SMILES string of the molecule is C#CCOc1ccccc1CNCCCN1CCCC1. The van der Waals surface area contributed by atoms with Crippen molar-refractivity contribution in [3.8, 4) is 18.1 Å². The number of benzene rings is 1. The van der Waals surface area contributed by atoms with Crippen LogP contribution in [0.15, 0.2) is 24.3 Å². The fourth-order valence-electron chi connectivity index (χ4n) is 2.57. The molecule has 0 radical (unpaired) electrons.